The highest BCUT2D eigenvalue weighted by molar-refractivity contribution is 7.91. The Balaban J connectivity index is 1.97. The second kappa shape index (κ2) is 7.21. The monoisotopic (exact) mass is 394 g/mol. The van der Waals surface area contributed by atoms with Gasteiger partial charge in [-0.3, -0.25) is 4.98 Å². The van der Waals surface area contributed by atoms with Crippen LogP contribution in [0, 0.1) is 19.8 Å². The molecular formula is C23H26N2O2S. The molecule has 4 rings (SSSR count). The Morgan fingerprint density at radius 3 is 2.46 bits per heavy atom. The molecule has 146 valence electrons. The highest BCUT2D eigenvalue weighted by Crippen LogP contribution is 2.38. The minimum absolute atomic E-state index is 0.309. The first kappa shape index (κ1) is 18.9. The Labute approximate surface area is 167 Å². The SMILES string of the molecule is Cc1ccc(S(=O)(=O)c2cnc3ccc(C)cc3c2N2CCC[C@@H](C)C2)cc1. The number of rotatable bonds is 3. The van der Waals surface area contributed by atoms with Crippen molar-refractivity contribution in [1.82, 2.24) is 4.98 Å². The highest BCUT2D eigenvalue weighted by atomic mass is 32.2. The molecule has 3 aromatic rings. The van der Waals surface area contributed by atoms with Crippen molar-refractivity contribution in [2.75, 3.05) is 18.0 Å². The van der Waals surface area contributed by atoms with Crippen LogP contribution in [0.3, 0.4) is 0 Å². The minimum atomic E-state index is -3.66. The summed E-state index contributed by atoms with van der Waals surface area (Å²) in [6.45, 7) is 7.95. The van der Waals surface area contributed by atoms with Crippen LogP contribution in [0.4, 0.5) is 5.69 Å². The Hall–Kier alpha value is -2.40. The van der Waals surface area contributed by atoms with E-state index in [9.17, 15) is 8.42 Å². The van der Waals surface area contributed by atoms with E-state index in [0.717, 1.165) is 47.2 Å². The van der Waals surface area contributed by atoms with E-state index < -0.39 is 9.84 Å². The van der Waals surface area contributed by atoms with Crippen molar-refractivity contribution in [2.45, 2.75) is 43.4 Å². The molecule has 0 amide bonds. The first-order chi connectivity index (χ1) is 13.4. The fourth-order valence-corrected chi connectivity index (χ4v) is 5.47. The lowest BCUT2D eigenvalue weighted by atomic mass is 9.99. The molecule has 0 saturated carbocycles. The van der Waals surface area contributed by atoms with Gasteiger partial charge in [0.25, 0.3) is 0 Å². The Bertz CT molecular complexity index is 1120. The van der Waals surface area contributed by atoms with Gasteiger partial charge < -0.3 is 4.90 Å². The molecular weight excluding hydrogens is 368 g/mol. The van der Waals surface area contributed by atoms with Gasteiger partial charge in [-0.2, -0.15) is 0 Å². The maximum absolute atomic E-state index is 13.6. The molecule has 0 radical (unpaired) electrons. The zero-order valence-electron chi connectivity index (χ0n) is 16.6. The zero-order valence-corrected chi connectivity index (χ0v) is 17.5. The molecule has 28 heavy (non-hydrogen) atoms. The van der Waals surface area contributed by atoms with E-state index >= 15 is 0 Å². The topological polar surface area (TPSA) is 50.3 Å². The summed E-state index contributed by atoms with van der Waals surface area (Å²) < 4.78 is 27.1. The van der Waals surface area contributed by atoms with Crippen molar-refractivity contribution in [1.29, 1.82) is 0 Å². The van der Waals surface area contributed by atoms with Crippen LogP contribution >= 0.6 is 0 Å². The summed E-state index contributed by atoms with van der Waals surface area (Å²) in [6, 6.07) is 13.1. The molecule has 1 aliphatic rings. The van der Waals surface area contributed by atoms with Gasteiger partial charge in [-0.15, -0.1) is 0 Å². The minimum Gasteiger partial charge on any atom is -0.370 e. The average Bonchev–Trinajstić information content (AvgIpc) is 2.67. The van der Waals surface area contributed by atoms with Crippen LogP contribution in [0.1, 0.15) is 30.9 Å². The fourth-order valence-electron chi connectivity index (χ4n) is 4.03. The molecule has 5 heteroatoms. The summed E-state index contributed by atoms with van der Waals surface area (Å²) in [5.74, 6) is 0.539. The molecule has 0 N–H and O–H groups in total. The van der Waals surface area contributed by atoms with Gasteiger partial charge in [0.2, 0.25) is 9.84 Å². The summed E-state index contributed by atoms with van der Waals surface area (Å²) in [5.41, 5.74) is 3.78. The number of pyridine rings is 1. The van der Waals surface area contributed by atoms with Crippen LogP contribution in [0.15, 0.2) is 58.5 Å². The van der Waals surface area contributed by atoms with Crippen LogP contribution < -0.4 is 4.90 Å². The lowest BCUT2D eigenvalue weighted by Crippen LogP contribution is -2.35. The Kier molecular flexibility index (Phi) is 4.88. The molecule has 1 saturated heterocycles. The number of benzene rings is 2. The van der Waals surface area contributed by atoms with Crippen LogP contribution in [0.25, 0.3) is 10.9 Å². The number of aryl methyl sites for hydroxylation is 2. The third kappa shape index (κ3) is 3.39. The van der Waals surface area contributed by atoms with Gasteiger partial charge >= 0.3 is 0 Å². The average molecular weight is 395 g/mol. The first-order valence-electron chi connectivity index (χ1n) is 9.82. The summed E-state index contributed by atoms with van der Waals surface area (Å²) in [4.78, 5) is 7.38. The molecule has 1 aromatic heterocycles. The van der Waals surface area contributed by atoms with Gasteiger partial charge in [0, 0.05) is 24.7 Å². The van der Waals surface area contributed by atoms with Crippen molar-refractivity contribution in [3.05, 3.63) is 59.8 Å². The van der Waals surface area contributed by atoms with Crippen molar-refractivity contribution < 1.29 is 8.42 Å². The van der Waals surface area contributed by atoms with Crippen molar-refractivity contribution >= 4 is 26.4 Å². The fraction of sp³-hybridized carbons (Fsp3) is 0.348. The number of hydrogen-bond donors (Lipinski definition) is 0. The number of fused-ring (bicyclic) bond motifs is 1. The highest BCUT2D eigenvalue weighted by Gasteiger charge is 2.28. The molecule has 1 atom stereocenters. The molecule has 2 heterocycles. The van der Waals surface area contributed by atoms with Gasteiger partial charge in [-0.1, -0.05) is 36.2 Å². The van der Waals surface area contributed by atoms with Gasteiger partial charge in [-0.05, 0) is 56.9 Å². The number of nitrogens with zero attached hydrogens (tertiary/aromatic N) is 2. The van der Waals surface area contributed by atoms with Crippen LogP contribution in [0.2, 0.25) is 0 Å². The summed E-state index contributed by atoms with van der Waals surface area (Å²) in [7, 11) is -3.66. The third-order valence-electron chi connectivity index (χ3n) is 5.56. The Morgan fingerprint density at radius 2 is 1.75 bits per heavy atom. The maximum atomic E-state index is 13.6. The number of sulfone groups is 1. The lowest BCUT2D eigenvalue weighted by Gasteiger charge is -2.34. The van der Waals surface area contributed by atoms with E-state index in [-0.39, 0.29) is 0 Å². The first-order valence-corrected chi connectivity index (χ1v) is 11.3. The summed E-state index contributed by atoms with van der Waals surface area (Å²) >= 11 is 0. The van der Waals surface area contributed by atoms with Gasteiger partial charge in [0.1, 0.15) is 4.90 Å². The maximum Gasteiger partial charge on any atom is 0.210 e. The normalized spacial score (nSPS) is 17.8. The number of hydrogen-bond acceptors (Lipinski definition) is 4. The van der Waals surface area contributed by atoms with E-state index in [4.69, 9.17) is 0 Å². The second-order valence-electron chi connectivity index (χ2n) is 8.00. The van der Waals surface area contributed by atoms with Gasteiger partial charge in [-0.25, -0.2) is 8.42 Å². The number of piperidine rings is 1. The zero-order chi connectivity index (χ0) is 19.9. The predicted molar refractivity (Wildman–Crippen MR) is 114 cm³/mol. The molecule has 0 aliphatic carbocycles. The van der Waals surface area contributed by atoms with Crippen LogP contribution in [-0.2, 0) is 9.84 Å². The van der Waals surface area contributed by atoms with E-state index in [0.29, 0.717) is 15.7 Å². The van der Waals surface area contributed by atoms with E-state index in [1.807, 2.05) is 38.1 Å². The number of anilines is 1. The van der Waals surface area contributed by atoms with E-state index in [2.05, 4.69) is 22.9 Å². The predicted octanol–water partition coefficient (Wildman–Crippen LogP) is 4.92. The standard InChI is InChI=1S/C23H26N2O2S/c1-16-6-9-19(10-7-16)28(26,27)22-14-24-21-11-8-17(2)13-20(21)23(22)25-12-4-5-18(3)15-25/h6-11,13-14,18H,4-5,12,15H2,1-3H3/t18-/m1/s1. The molecule has 1 fully saturated rings. The van der Waals surface area contributed by atoms with Gasteiger partial charge in [0.05, 0.1) is 16.1 Å². The van der Waals surface area contributed by atoms with Crippen molar-refractivity contribution in [3.63, 3.8) is 0 Å². The van der Waals surface area contributed by atoms with E-state index in [1.165, 1.54) is 6.42 Å². The van der Waals surface area contributed by atoms with Crippen LogP contribution in [0.5, 0.6) is 0 Å². The number of aromatic nitrogens is 1. The Morgan fingerprint density at radius 1 is 1.04 bits per heavy atom. The molecule has 1 aliphatic heterocycles. The third-order valence-corrected chi connectivity index (χ3v) is 7.33. The summed E-state index contributed by atoms with van der Waals surface area (Å²) in [5, 5.41) is 0.919. The molecule has 4 nitrogen and oxygen atoms in total. The lowest BCUT2D eigenvalue weighted by molar-refractivity contribution is 0.446. The summed E-state index contributed by atoms with van der Waals surface area (Å²) in [6.07, 6.45) is 3.79. The molecule has 2 aromatic carbocycles. The molecule has 0 unspecified atom stereocenters. The molecule has 0 spiro atoms. The molecule has 0 bridgehead atoms. The van der Waals surface area contributed by atoms with Crippen molar-refractivity contribution in [2.24, 2.45) is 5.92 Å². The second-order valence-corrected chi connectivity index (χ2v) is 9.92. The van der Waals surface area contributed by atoms with Gasteiger partial charge in [0.15, 0.2) is 0 Å². The van der Waals surface area contributed by atoms with E-state index in [1.54, 1.807) is 18.3 Å². The smallest absolute Gasteiger partial charge is 0.210 e. The van der Waals surface area contributed by atoms with Crippen molar-refractivity contribution in [3.8, 4) is 0 Å². The van der Waals surface area contributed by atoms with Crippen LogP contribution in [-0.4, -0.2) is 26.5 Å². The largest absolute Gasteiger partial charge is 0.370 e. The quantitative estimate of drug-likeness (QED) is 0.633.